The number of ether oxygens (including phenoxy) is 27. The zero-order valence-electron chi connectivity index (χ0n) is 93.6. The number of hydrogen-bond acceptors (Lipinski definition) is 31. The summed E-state index contributed by atoms with van der Waals surface area (Å²) >= 11 is 0. The van der Waals surface area contributed by atoms with E-state index in [4.69, 9.17) is 128 Å². The average molecular weight is 2060 g/mol. The highest BCUT2D eigenvalue weighted by Crippen LogP contribution is 2.12. The molecule has 0 aromatic rings. The molecule has 0 saturated heterocycles. The van der Waals surface area contributed by atoms with Crippen LogP contribution in [0.4, 0.5) is 0 Å². The SMILES string of the molecule is C.C.C.C.C.C.C.CC(C)(C)NC(=O)COCCOCCOC(C)(C)C.CC(C)(C)NCCOCCOCCOC(C)(C)C.CC(C)(C)OCCOCCOC(C)(C)C.CC(C)(C)OCCOCCOCCOC(C)(C)C.CC(C)OCCOCCOCCOCCNC(C)(C)C.CC(C)OCCOCCOCCOCCOC(C)(C)C.CC(C)OCCOCCOCCOCCOCC(=O)NC(C)(C)C. The normalized spacial score (nSPS) is 11.9. The fraction of sp³-hybridized carbons (Fsp3) is 0.981. The van der Waals surface area contributed by atoms with Crippen LogP contribution in [0.3, 0.4) is 0 Å². The topological polar surface area (TPSA) is 331 Å². The summed E-state index contributed by atoms with van der Waals surface area (Å²) in [5.41, 5.74) is -0.813. The van der Waals surface area contributed by atoms with Crippen LogP contribution in [0.2, 0.25) is 0 Å². The molecule has 870 valence electrons. The minimum absolute atomic E-state index is 0. The largest absolute Gasteiger partial charge is 0.378 e. The first kappa shape index (κ1) is 169. The zero-order chi connectivity index (χ0) is 104. The maximum atomic E-state index is 11.5. The van der Waals surface area contributed by atoms with Crippen molar-refractivity contribution in [1.82, 2.24) is 21.3 Å². The average Bonchev–Trinajstić information content (AvgIpc) is 0.947. The summed E-state index contributed by atoms with van der Waals surface area (Å²) in [6.07, 6.45) is 0.757. The maximum absolute atomic E-state index is 11.5. The molecule has 141 heavy (non-hydrogen) atoms. The molecule has 0 aliphatic rings. The van der Waals surface area contributed by atoms with E-state index in [1.807, 2.05) is 228 Å². The third kappa shape index (κ3) is 200. The quantitative estimate of drug-likeness (QED) is 0.0411. The molecule has 0 unspecified atom stereocenters. The monoisotopic (exact) mass is 2060 g/mol. The lowest BCUT2D eigenvalue weighted by Gasteiger charge is -2.20. The Labute approximate surface area is 871 Å². The maximum Gasteiger partial charge on any atom is 0.246 e. The summed E-state index contributed by atoms with van der Waals surface area (Å²) in [6, 6.07) is 0. The Hall–Kier alpha value is -2.22. The van der Waals surface area contributed by atoms with Gasteiger partial charge in [0.05, 0.1) is 335 Å². The van der Waals surface area contributed by atoms with Crippen molar-refractivity contribution in [1.29, 1.82) is 0 Å². The van der Waals surface area contributed by atoms with E-state index in [0.29, 0.717) is 271 Å². The van der Waals surface area contributed by atoms with Gasteiger partial charge in [-0.1, -0.05) is 52.0 Å². The first-order valence-electron chi connectivity index (χ1n) is 49.1. The number of amides is 2. The molecular weight excluding hydrogens is 1820 g/mol. The first-order valence-corrected chi connectivity index (χ1v) is 49.1. The number of carbonyl (C=O) groups is 2. The molecule has 0 fully saturated rings. The second-order valence-electron chi connectivity index (χ2n) is 42.7. The number of hydrogen-bond donors (Lipinski definition) is 4. The van der Waals surface area contributed by atoms with Crippen molar-refractivity contribution in [3.8, 4) is 0 Å². The third-order valence-electron chi connectivity index (χ3n) is 14.4. The van der Waals surface area contributed by atoms with Gasteiger partial charge in [-0.3, -0.25) is 9.59 Å². The van der Waals surface area contributed by atoms with Crippen molar-refractivity contribution in [3.05, 3.63) is 0 Å². The fourth-order valence-electron chi connectivity index (χ4n) is 8.82. The van der Waals surface area contributed by atoms with Crippen molar-refractivity contribution in [3.63, 3.8) is 0 Å². The van der Waals surface area contributed by atoms with Crippen LogP contribution in [-0.4, -0.2) is 395 Å². The van der Waals surface area contributed by atoms with Gasteiger partial charge in [0.2, 0.25) is 11.8 Å². The highest BCUT2D eigenvalue weighted by atomic mass is 16.6. The molecule has 0 rings (SSSR count). The van der Waals surface area contributed by atoms with E-state index >= 15 is 0 Å². The molecule has 0 radical (unpaired) electrons. The minimum Gasteiger partial charge on any atom is -0.378 e. The summed E-state index contributed by atoms with van der Waals surface area (Å²) in [5.74, 6) is -0.229. The van der Waals surface area contributed by atoms with Crippen molar-refractivity contribution in [2.75, 3.05) is 304 Å². The van der Waals surface area contributed by atoms with Crippen LogP contribution in [0.1, 0.15) is 322 Å². The summed E-state index contributed by atoms with van der Waals surface area (Å²) in [7, 11) is 0. The van der Waals surface area contributed by atoms with E-state index in [0.717, 1.165) is 19.7 Å². The second kappa shape index (κ2) is 106. The predicted molar refractivity (Wildman–Crippen MR) is 586 cm³/mol. The van der Waals surface area contributed by atoms with Gasteiger partial charge in [0.25, 0.3) is 0 Å². The number of carbonyl (C=O) groups excluding carboxylic acids is 2. The number of nitrogens with one attached hydrogen (secondary N) is 4. The highest BCUT2D eigenvalue weighted by Gasteiger charge is 2.19. The van der Waals surface area contributed by atoms with Crippen molar-refractivity contribution < 1.29 is 137 Å². The van der Waals surface area contributed by atoms with Gasteiger partial charge in [-0.25, -0.2) is 0 Å². The molecule has 0 aliphatic carbocycles. The van der Waals surface area contributed by atoms with Gasteiger partial charge < -0.3 is 149 Å². The molecule has 0 spiro atoms. The summed E-state index contributed by atoms with van der Waals surface area (Å²) in [5, 5.41) is 12.4. The van der Waals surface area contributed by atoms with Gasteiger partial charge in [0, 0.05) is 35.2 Å². The molecule has 33 nitrogen and oxygen atoms in total. The molecule has 0 heterocycles. The van der Waals surface area contributed by atoms with Gasteiger partial charge in [-0.15, -0.1) is 0 Å². The number of rotatable bonds is 73. The highest BCUT2D eigenvalue weighted by molar-refractivity contribution is 5.78. The van der Waals surface area contributed by atoms with Gasteiger partial charge in [0.1, 0.15) is 13.2 Å². The van der Waals surface area contributed by atoms with Gasteiger partial charge >= 0.3 is 0 Å². The van der Waals surface area contributed by atoms with Crippen LogP contribution >= 0.6 is 0 Å². The van der Waals surface area contributed by atoms with E-state index in [1.165, 1.54) is 0 Å². The third-order valence-corrected chi connectivity index (χ3v) is 14.4. The molecular formula is C108H244N4O29. The summed E-state index contributed by atoms with van der Waals surface area (Å²) < 4.78 is 146. The smallest absolute Gasteiger partial charge is 0.246 e. The van der Waals surface area contributed by atoms with Crippen LogP contribution in [-0.2, 0) is 137 Å². The van der Waals surface area contributed by atoms with E-state index in [9.17, 15) is 9.59 Å². The van der Waals surface area contributed by atoms with Gasteiger partial charge in [-0.05, 0) is 270 Å². The van der Waals surface area contributed by atoms with E-state index < -0.39 is 0 Å². The Bertz CT molecular complexity index is 2270. The van der Waals surface area contributed by atoms with Crippen LogP contribution in [0.5, 0.6) is 0 Å². The predicted octanol–water partition coefficient (Wildman–Crippen LogP) is 19.2. The Morgan fingerprint density at radius 2 is 0.291 bits per heavy atom. The van der Waals surface area contributed by atoms with Crippen LogP contribution in [0.15, 0.2) is 0 Å². The molecule has 0 aliphatic heterocycles. The molecule has 4 N–H and O–H groups in total. The van der Waals surface area contributed by atoms with E-state index in [1.54, 1.807) is 0 Å². The molecule has 0 saturated carbocycles. The fourth-order valence-corrected chi connectivity index (χ4v) is 8.82. The molecule has 0 aromatic heterocycles. The second-order valence-corrected chi connectivity index (χ2v) is 42.7. The summed E-state index contributed by atoms with van der Waals surface area (Å²) in [4.78, 5) is 22.9. The minimum atomic E-state index is -0.237. The summed E-state index contributed by atoms with van der Waals surface area (Å²) in [6.45, 7) is 106. The molecule has 0 bridgehead atoms. The Morgan fingerprint density at radius 1 is 0.170 bits per heavy atom. The lowest BCUT2D eigenvalue weighted by molar-refractivity contribution is -0.128. The van der Waals surface area contributed by atoms with Crippen LogP contribution in [0.25, 0.3) is 0 Å². The zero-order valence-corrected chi connectivity index (χ0v) is 93.6. The van der Waals surface area contributed by atoms with E-state index in [-0.39, 0.29) is 157 Å². The molecule has 0 atom stereocenters. The lowest BCUT2D eigenvalue weighted by atomic mass is 10.1. The Balaban J connectivity index is -0.000000111. The lowest BCUT2D eigenvalue weighted by Crippen LogP contribution is -2.42. The molecule has 2 amide bonds. The molecule has 33 heteroatoms. The van der Waals surface area contributed by atoms with Crippen molar-refractivity contribution >= 4 is 11.8 Å². The standard InChI is InChI=1S/C17H35NO6.C15H33NO4.C15H32O5.C14H29NO4.C14H31NO3.C14H30O4.C12H26O3.7CH4/c1-15(2)24-13-12-22-9-8-20-6-7-21-10-11-23-14-16(19)18-17(3,4)5;1-14(2)20-13-12-19-11-10-18-9-8-17-7-6-16-15(3,4)5;1-14(2)19-12-10-17-8-6-16-7-9-18-11-13-20-15(3,4)5;1-13(2,3)15-12(16)11-18-8-7-17-9-10-19-14(4,5)6;1-13(2,3)15-7-8-16-9-10-17-11-12-18-14(4,5)6;1-13(2,3)17-11-9-15-7-8-16-10-12-18-14(4,5)6;1-11(2,3)14-9-7-13-8-10-15-12(4,5)6;;;;;;;/h15H,6-14H2,1-5H3,(H,18,19);14,16H,6-13H2,1-5H3;14H,6-13H2,1-5H3;7-11H2,1-6H3,(H,15,16);15H,7-12H2,1-6H3;7-12H2,1-6H3;7-10H2,1-6H3;7*1H4. The van der Waals surface area contributed by atoms with Gasteiger partial charge in [-0.2, -0.15) is 0 Å². The van der Waals surface area contributed by atoms with E-state index in [2.05, 4.69) is 62.8 Å². The molecule has 0 aromatic carbocycles. The first-order chi connectivity index (χ1) is 61.9. The van der Waals surface area contributed by atoms with Crippen molar-refractivity contribution in [2.24, 2.45) is 0 Å². The van der Waals surface area contributed by atoms with Gasteiger partial charge in [0.15, 0.2) is 0 Å². The van der Waals surface area contributed by atoms with Crippen LogP contribution in [0, 0.1) is 0 Å². The van der Waals surface area contributed by atoms with Crippen molar-refractivity contribution in [2.45, 2.75) is 402 Å². The van der Waals surface area contributed by atoms with Crippen LogP contribution < -0.4 is 21.3 Å². The Kier molecular flexibility index (Phi) is 127. The Morgan fingerprint density at radius 3 is 0.411 bits per heavy atom.